The summed E-state index contributed by atoms with van der Waals surface area (Å²) < 4.78 is 5.77. The molecule has 0 spiro atoms. The number of ether oxygens (including phenoxy) is 1. The lowest BCUT2D eigenvalue weighted by atomic mass is 9.63. The highest BCUT2D eigenvalue weighted by Crippen LogP contribution is 2.60. The van der Waals surface area contributed by atoms with Gasteiger partial charge in [0.15, 0.2) is 0 Å². The van der Waals surface area contributed by atoms with Crippen molar-refractivity contribution in [1.82, 2.24) is 0 Å². The van der Waals surface area contributed by atoms with Gasteiger partial charge < -0.3 is 14.9 Å². The first-order valence-electron chi connectivity index (χ1n) is 6.36. The second kappa shape index (κ2) is 3.84. The molecule has 1 saturated heterocycles. The molecule has 2 rings (SSSR count). The zero-order chi connectivity index (χ0) is 13.8. The molecular weight excluding hydrogens is 228 g/mol. The van der Waals surface area contributed by atoms with E-state index in [9.17, 15) is 10.2 Å². The maximum absolute atomic E-state index is 10.9. The first kappa shape index (κ1) is 13.6. The minimum Gasteiger partial charge on any atom is -0.392 e. The number of hydrogen-bond donors (Lipinski definition) is 2. The quantitative estimate of drug-likeness (QED) is 0.578. The Kier molecular flexibility index (Phi) is 2.90. The van der Waals surface area contributed by atoms with Crippen LogP contribution in [0, 0.1) is 17.8 Å². The van der Waals surface area contributed by atoms with E-state index in [2.05, 4.69) is 19.8 Å². The number of aliphatic hydroxyl groups is 2. The maximum Gasteiger partial charge on any atom is 0.0956 e. The molecule has 1 saturated carbocycles. The second-order valence-electron chi connectivity index (χ2n) is 6.59. The van der Waals surface area contributed by atoms with Gasteiger partial charge in [-0.3, -0.25) is 0 Å². The molecule has 3 nitrogen and oxygen atoms in total. The fraction of sp³-hybridized carbons (Fsp3) is 0.733. The molecule has 0 aromatic carbocycles. The largest absolute Gasteiger partial charge is 0.392 e. The summed E-state index contributed by atoms with van der Waals surface area (Å²) in [7, 11) is 0. The van der Waals surface area contributed by atoms with Crippen LogP contribution in [-0.4, -0.2) is 34.1 Å². The lowest BCUT2D eigenvalue weighted by Crippen LogP contribution is -2.49. The van der Waals surface area contributed by atoms with Gasteiger partial charge in [-0.2, -0.15) is 0 Å². The number of aliphatic hydroxyl groups excluding tert-OH is 1. The van der Waals surface area contributed by atoms with Gasteiger partial charge in [0.05, 0.1) is 23.9 Å². The molecule has 3 heteroatoms. The van der Waals surface area contributed by atoms with Crippen molar-refractivity contribution in [3.8, 4) is 12.3 Å². The van der Waals surface area contributed by atoms with Crippen molar-refractivity contribution in [2.24, 2.45) is 5.41 Å². The standard InChI is InChI=1S/C15H22O3/c1-6-10(2)11(7-16)15(17)8-13(3,4)12-14(5,9-15)18-12/h1,12,16-17H,7-9H2,2-5H3/b11-10+. The second-order valence-corrected chi connectivity index (χ2v) is 6.59. The number of epoxide rings is 1. The Morgan fingerprint density at radius 3 is 2.44 bits per heavy atom. The first-order chi connectivity index (χ1) is 8.18. The highest BCUT2D eigenvalue weighted by atomic mass is 16.6. The third-order valence-corrected chi connectivity index (χ3v) is 4.37. The van der Waals surface area contributed by atoms with Gasteiger partial charge in [0.25, 0.3) is 0 Å². The minimum atomic E-state index is -1.06. The van der Waals surface area contributed by atoms with E-state index in [4.69, 9.17) is 11.2 Å². The van der Waals surface area contributed by atoms with Gasteiger partial charge in [0.1, 0.15) is 0 Å². The monoisotopic (exact) mass is 250 g/mol. The molecule has 0 aromatic heterocycles. The van der Waals surface area contributed by atoms with Gasteiger partial charge in [-0.1, -0.05) is 19.8 Å². The summed E-state index contributed by atoms with van der Waals surface area (Å²) in [5.41, 5.74) is -0.272. The summed E-state index contributed by atoms with van der Waals surface area (Å²) in [6.07, 6.45) is 6.66. The van der Waals surface area contributed by atoms with E-state index in [0.29, 0.717) is 24.0 Å². The Balaban J connectivity index is 2.40. The molecule has 0 radical (unpaired) electrons. The SMILES string of the molecule is C#C/C(C)=C(\CO)C1(O)CC(C)(C)C2OC2(C)C1. The van der Waals surface area contributed by atoms with Gasteiger partial charge in [-0.25, -0.2) is 0 Å². The molecule has 2 N–H and O–H groups in total. The van der Waals surface area contributed by atoms with Crippen LogP contribution in [-0.2, 0) is 4.74 Å². The number of fused-ring (bicyclic) bond motifs is 1. The molecule has 0 aromatic rings. The molecule has 0 amide bonds. The normalized spacial score (nSPS) is 42.6. The molecule has 1 heterocycles. The van der Waals surface area contributed by atoms with E-state index < -0.39 is 5.60 Å². The van der Waals surface area contributed by atoms with Crippen LogP contribution in [0.2, 0.25) is 0 Å². The number of rotatable bonds is 2. The van der Waals surface area contributed by atoms with Crippen LogP contribution in [0.3, 0.4) is 0 Å². The summed E-state index contributed by atoms with van der Waals surface area (Å²) in [6, 6.07) is 0. The first-order valence-corrected chi connectivity index (χ1v) is 6.36. The lowest BCUT2D eigenvalue weighted by molar-refractivity contribution is -0.0142. The number of terminal acetylenes is 1. The molecule has 2 fully saturated rings. The van der Waals surface area contributed by atoms with E-state index in [-0.39, 0.29) is 23.7 Å². The van der Waals surface area contributed by atoms with E-state index in [1.807, 2.05) is 6.92 Å². The molecule has 100 valence electrons. The molecular formula is C15H22O3. The summed E-state index contributed by atoms with van der Waals surface area (Å²) >= 11 is 0. The third-order valence-electron chi connectivity index (χ3n) is 4.37. The molecule has 2 aliphatic rings. The van der Waals surface area contributed by atoms with Gasteiger partial charge >= 0.3 is 0 Å². The van der Waals surface area contributed by atoms with Crippen LogP contribution in [0.5, 0.6) is 0 Å². The van der Waals surface area contributed by atoms with E-state index in [0.717, 1.165) is 0 Å². The fourth-order valence-electron chi connectivity index (χ4n) is 3.76. The smallest absolute Gasteiger partial charge is 0.0956 e. The number of allylic oxidation sites excluding steroid dienone is 1. The van der Waals surface area contributed by atoms with Gasteiger partial charge in [-0.05, 0) is 31.3 Å². The zero-order valence-corrected chi connectivity index (χ0v) is 11.6. The zero-order valence-electron chi connectivity index (χ0n) is 11.6. The molecule has 3 unspecified atom stereocenters. The average Bonchev–Trinajstić information content (AvgIpc) is 2.89. The fourth-order valence-corrected chi connectivity index (χ4v) is 3.76. The Morgan fingerprint density at radius 1 is 1.39 bits per heavy atom. The third kappa shape index (κ3) is 1.89. The topological polar surface area (TPSA) is 53.0 Å². The average molecular weight is 250 g/mol. The van der Waals surface area contributed by atoms with Crippen LogP contribution in [0.4, 0.5) is 0 Å². The Morgan fingerprint density at radius 2 is 2.00 bits per heavy atom. The predicted molar refractivity (Wildman–Crippen MR) is 69.9 cm³/mol. The van der Waals surface area contributed by atoms with Crippen LogP contribution in [0.25, 0.3) is 0 Å². The van der Waals surface area contributed by atoms with Crippen LogP contribution in [0.15, 0.2) is 11.1 Å². The molecule has 0 bridgehead atoms. The molecule has 1 aliphatic carbocycles. The van der Waals surface area contributed by atoms with Gasteiger partial charge in [0.2, 0.25) is 0 Å². The van der Waals surface area contributed by atoms with Gasteiger partial charge in [0, 0.05) is 12.0 Å². The van der Waals surface area contributed by atoms with Crippen molar-refractivity contribution in [2.45, 2.75) is 57.8 Å². The maximum atomic E-state index is 10.9. The highest BCUT2D eigenvalue weighted by Gasteiger charge is 2.67. The van der Waals surface area contributed by atoms with Crippen LogP contribution >= 0.6 is 0 Å². The van der Waals surface area contributed by atoms with Crippen molar-refractivity contribution in [1.29, 1.82) is 0 Å². The van der Waals surface area contributed by atoms with Crippen molar-refractivity contribution in [2.75, 3.05) is 6.61 Å². The molecule has 3 atom stereocenters. The molecule has 1 aliphatic heterocycles. The lowest BCUT2D eigenvalue weighted by Gasteiger charge is -2.42. The number of hydrogen-bond acceptors (Lipinski definition) is 3. The van der Waals surface area contributed by atoms with Crippen molar-refractivity contribution in [3.63, 3.8) is 0 Å². The van der Waals surface area contributed by atoms with Crippen molar-refractivity contribution < 1.29 is 14.9 Å². The predicted octanol–water partition coefficient (Wildman–Crippen LogP) is 1.64. The highest BCUT2D eigenvalue weighted by molar-refractivity contribution is 5.37. The Bertz CT molecular complexity index is 443. The summed E-state index contributed by atoms with van der Waals surface area (Å²) in [4.78, 5) is 0. The summed E-state index contributed by atoms with van der Waals surface area (Å²) in [5, 5.41) is 20.5. The van der Waals surface area contributed by atoms with E-state index in [1.165, 1.54) is 0 Å². The van der Waals surface area contributed by atoms with Gasteiger partial charge in [-0.15, -0.1) is 6.42 Å². The summed E-state index contributed by atoms with van der Waals surface area (Å²) in [6.45, 7) is 7.76. The Labute approximate surface area is 109 Å². The van der Waals surface area contributed by atoms with E-state index >= 15 is 0 Å². The minimum absolute atomic E-state index is 0.114. The van der Waals surface area contributed by atoms with Crippen molar-refractivity contribution >= 4 is 0 Å². The Hall–Kier alpha value is -0.820. The summed E-state index contributed by atoms with van der Waals surface area (Å²) in [5.74, 6) is 2.53. The van der Waals surface area contributed by atoms with Crippen molar-refractivity contribution in [3.05, 3.63) is 11.1 Å². The molecule has 18 heavy (non-hydrogen) atoms. The van der Waals surface area contributed by atoms with Crippen LogP contribution < -0.4 is 0 Å². The van der Waals surface area contributed by atoms with E-state index in [1.54, 1.807) is 6.92 Å². The van der Waals surface area contributed by atoms with Crippen LogP contribution in [0.1, 0.15) is 40.5 Å².